The van der Waals surface area contributed by atoms with Crippen LogP contribution >= 0.6 is 0 Å². The van der Waals surface area contributed by atoms with Gasteiger partial charge in [-0.05, 0) is 35.8 Å². The molecule has 0 aromatic heterocycles. The van der Waals surface area contributed by atoms with Crippen LogP contribution in [0.25, 0.3) is 0 Å². The molecule has 3 rings (SSSR count). The highest BCUT2D eigenvalue weighted by Gasteiger charge is 2.28. The van der Waals surface area contributed by atoms with E-state index in [9.17, 15) is 8.42 Å². The molecule has 0 amide bonds. The van der Waals surface area contributed by atoms with Crippen LogP contribution in [-0.4, -0.2) is 57.0 Å². The Hall–Kier alpha value is -1.60. The first-order valence-electron chi connectivity index (χ1n) is 10.3. The summed E-state index contributed by atoms with van der Waals surface area (Å²) in [5.74, 6) is 2.61. The minimum absolute atomic E-state index is 0.0530. The second-order valence-electron chi connectivity index (χ2n) is 8.58. The number of rotatable bonds is 5. The number of hydrogen-bond donors (Lipinski definition) is 2. The molecule has 3 unspecified atom stereocenters. The Kier molecular flexibility index (Phi) is 6.99. The number of likely N-dealkylation sites (tertiary alicyclic amines) is 1. The van der Waals surface area contributed by atoms with Crippen molar-refractivity contribution in [1.29, 1.82) is 0 Å². The van der Waals surface area contributed by atoms with Crippen molar-refractivity contribution in [3.8, 4) is 0 Å². The summed E-state index contributed by atoms with van der Waals surface area (Å²) in [7, 11) is -1.18. The first-order chi connectivity index (χ1) is 13.3. The lowest BCUT2D eigenvalue weighted by molar-refractivity contribution is 0.134. The van der Waals surface area contributed by atoms with Crippen molar-refractivity contribution >= 4 is 15.8 Å². The van der Waals surface area contributed by atoms with Crippen LogP contribution in [0.3, 0.4) is 0 Å². The molecule has 2 N–H and O–H groups in total. The molecule has 156 valence electrons. The standard InChI is InChI=1S/C21H34N4O2S/c1-16-10-17(2)13-25(12-16)14-19-7-5-4-6-18(19)11-23-21(22-3)24-20-8-9-28(26,27)15-20/h4-7,16-17,20H,8-15H2,1-3H3,(H2,22,23,24). The van der Waals surface area contributed by atoms with Gasteiger partial charge in [-0.15, -0.1) is 0 Å². The molecule has 2 fully saturated rings. The van der Waals surface area contributed by atoms with E-state index in [4.69, 9.17) is 0 Å². The number of nitrogens with zero attached hydrogens (tertiary/aromatic N) is 2. The van der Waals surface area contributed by atoms with E-state index in [0.717, 1.165) is 31.5 Å². The number of sulfone groups is 1. The predicted molar refractivity (Wildman–Crippen MR) is 115 cm³/mol. The van der Waals surface area contributed by atoms with Gasteiger partial charge in [-0.3, -0.25) is 9.89 Å². The van der Waals surface area contributed by atoms with Crippen LogP contribution in [0.4, 0.5) is 0 Å². The molecule has 0 bridgehead atoms. The molecule has 1 aromatic rings. The fourth-order valence-corrected chi connectivity index (χ4v) is 6.20. The highest BCUT2D eigenvalue weighted by Crippen LogP contribution is 2.23. The van der Waals surface area contributed by atoms with Gasteiger partial charge in [0.2, 0.25) is 0 Å². The third-order valence-electron chi connectivity index (χ3n) is 5.70. The van der Waals surface area contributed by atoms with Gasteiger partial charge >= 0.3 is 0 Å². The molecule has 2 aliphatic heterocycles. The quantitative estimate of drug-likeness (QED) is 0.578. The molecular formula is C21H34N4O2S. The molecule has 0 radical (unpaired) electrons. The van der Waals surface area contributed by atoms with E-state index in [-0.39, 0.29) is 17.5 Å². The Bertz CT molecular complexity index is 783. The van der Waals surface area contributed by atoms with E-state index in [0.29, 0.717) is 18.9 Å². The smallest absolute Gasteiger partial charge is 0.191 e. The fourth-order valence-electron chi connectivity index (χ4n) is 4.52. The maximum absolute atomic E-state index is 11.7. The minimum atomic E-state index is -2.90. The van der Waals surface area contributed by atoms with E-state index >= 15 is 0 Å². The van der Waals surface area contributed by atoms with E-state index in [1.807, 2.05) is 0 Å². The van der Waals surface area contributed by atoms with Crippen LogP contribution in [0.1, 0.15) is 37.8 Å². The summed E-state index contributed by atoms with van der Waals surface area (Å²) in [5, 5.41) is 6.61. The number of benzene rings is 1. The normalized spacial score (nSPS) is 28.2. The van der Waals surface area contributed by atoms with Gasteiger partial charge in [0.05, 0.1) is 11.5 Å². The van der Waals surface area contributed by atoms with Gasteiger partial charge in [0, 0.05) is 39.3 Å². The van der Waals surface area contributed by atoms with Crippen molar-refractivity contribution in [3.63, 3.8) is 0 Å². The van der Waals surface area contributed by atoms with Gasteiger partial charge < -0.3 is 10.6 Å². The van der Waals surface area contributed by atoms with Crippen molar-refractivity contribution in [2.24, 2.45) is 16.8 Å². The number of piperidine rings is 1. The van der Waals surface area contributed by atoms with Crippen molar-refractivity contribution in [2.75, 3.05) is 31.6 Å². The number of aliphatic imine (C=N–C) groups is 1. The first-order valence-corrected chi connectivity index (χ1v) is 12.1. The van der Waals surface area contributed by atoms with Gasteiger partial charge in [0.1, 0.15) is 0 Å². The largest absolute Gasteiger partial charge is 0.353 e. The molecule has 2 heterocycles. The van der Waals surface area contributed by atoms with E-state index < -0.39 is 9.84 Å². The van der Waals surface area contributed by atoms with Crippen molar-refractivity contribution in [1.82, 2.24) is 15.5 Å². The van der Waals surface area contributed by atoms with Crippen LogP contribution in [0.15, 0.2) is 29.3 Å². The topological polar surface area (TPSA) is 73.8 Å². The van der Waals surface area contributed by atoms with Gasteiger partial charge in [0.15, 0.2) is 15.8 Å². The third-order valence-corrected chi connectivity index (χ3v) is 7.47. The summed E-state index contributed by atoms with van der Waals surface area (Å²) in [6, 6.07) is 8.49. The van der Waals surface area contributed by atoms with E-state index in [2.05, 4.69) is 58.6 Å². The summed E-state index contributed by atoms with van der Waals surface area (Å²) in [5.41, 5.74) is 2.60. The Morgan fingerprint density at radius 3 is 2.46 bits per heavy atom. The molecule has 1 aromatic carbocycles. The second kappa shape index (κ2) is 9.27. The minimum Gasteiger partial charge on any atom is -0.353 e. The zero-order valence-electron chi connectivity index (χ0n) is 17.3. The SMILES string of the molecule is CN=C(NCc1ccccc1CN1CC(C)CC(C)C1)NC1CCS(=O)(=O)C1. The Balaban J connectivity index is 1.58. The van der Waals surface area contributed by atoms with Crippen LogP contribution < -0.4 is 10.6 Å². The summed E-state index contributed by atoms with van der Waals surface area (Å²) in [6.45, 7) is 8.65. The summed E-state index contributed by atoms with van der Waals surface area (Å²) in [4.78, 5) is 6.83. The van der Waals surface area contributed by atoms with Crippen molar-refractivity contribution in [3.05, 3.63) is 35.4 Å². The van der Waals surface area contributed by atoms with Gasteiger partial charge in [-0.2, -0.15) is 0 Å². The predicted octanol–water partition coefficient (Wildman–Crippen LogP) is 2.02. The molecule has 2 aliphatic rings. The van der Waals surface area contributed by atoms with Crippen LogP contribution in [0.5, 0.6) is 0 Å². The maximum Gasteiger partial charge on any atom is 0.191 e. The van der Waals surface area contributed by atoms with Crippen molar-refractivity contribution < 1.29 is 8.42 Å². The van der Waals surface area contributed by atoms with Crippen LogP contribution in [0, 0.1) is 11.8 Å². The molecule has 7 heteroatoms. The number of guanidine groups is 1. The lowest BCUT2D eigenvalue weighted by atomic mass is 9.91. The third kappa shape index (κ3) is 5.95. The average molecular weight is 407 g/mol. The summed E-state index contributed by atoms with van der Waals surface area (Å²) < 4.78 is 23.3. The molecule has 0 spiro atoms. The molecular weight excluding hydrogens is 372 g/mol. The summed E-state index contributed by atoms with van der Waals surface area (Å²) in [6.07, 6.45) is 1.96. The van der Waals surface area contributed by atoms with Crippen LogP contribution in [-0.2, 0) is 22.9 Å². The lowest BCUT2D eigenvalue weighted by Gasteiger charge is -2.35. The number of hydrogen-bond acceptors (Lipinski definition) is 4. The number of nitrogens with one attached hydrogen (secondary N) is 2. The van der Waals surface area contributed by atoms with Crippen molar-refractivity contribution in [2.45, 2.75) is 45.8 Å². The monoisotopic (exact) mass is 406 g/mol. The Labute approximate surface area is 169 Å². The van der Waals surface area contributed by atoms with E-state index in [1.54, 1.807) is 7.05 Å². The molecule has 2 saturated heterocycles. The fraction of sp³-hybridized carbons (Fsp3) is 0.667. The van der Waals surface area contributed by atoms with Crippen LogP contribution in [0.2, 0.25) is 0 Å². The first kappa shape index (κ1) is 21.1. The van der Waals surface area contributed by atoms with Gasteiger partial charge in [-0.25, -0.2) is 8.42 Å². The Morgan fingerprint density at radius 1 is 1.18 bits per heavy atom. The lowest BCUT2D eigenvalue weighted by Crippen LogP contribution is -2.43. The molecule has 0 aliphatic carbocycles. The highest BCUT2D eigenvalue weighted by atomic mass is 32.2. The molecule has 28 heavy (non-hydrogen) atoms. The second-order valence-corrected chi connectivity index (χ2v) is 10.8. The molecule has 6 nitrogen and oxygen atoms in total. The van der Waals surface area contributed by atoms with E-state index in [1.165, 1.54) is 17.5 Å². The summed E-state index contributed by atoms with van der Waals surface area (Å²) >= 11 is 0. The highest BCUT2D eigenvalue weighted by molar-refractivity contribution is 7.91. The Morgan fingerprint density at radius 2 is 1.86 bits per heavy atom. The zero-order valence-corrected chi connectivity index (χ0v) is 18.1. The van der Waals surface area contributed by atoms with Gasteiger partial charge in [-0.1, -0.05) is 38.1 Å². The van der Waals surface area contributed by atoms with Gasteiger partial charge in [0.25, 0.3) is 0 Å². The molecule has 0 saturated carbocycles. The molecule has 3 atom stereocenters. The average Bonchev–Trinajstić information content (AvgIpc) is 2.97. The zero-order chi connectivity index (χ0) is 20.1. The maximum atomic E-state index is 11.7.